The molecule has 0 unspecified atom stereocenters. The van der Waals surface area contributed by atoms with E-state index in [0.717, 1.165) is 25.2 Å². The lowest BCUT2D eigenvalue weighted by molar-refractivity contribution is -0.384. The molecule has 0 atom stereocenters. The van der Waals surface area contributed by atoms with Crippen LogP contribution in [0.4, 0.5) is 5.69 Å². The van der Waals surface area contributed by atoms with Crippen molar-refractivity contribution in [3.05, 3.63) is 38.9 Å². The average Bonchev–Trinajstić information content (AvgIpc) is 2.42. The Hall–Kier alpha value is -1.17. The number of rotatable bonds is 5. The number of piperidine rings is 1. The van der Waals surface area contributed by atoms with Gasteiger partial charge >= 0.3 is 0 Å². The number of hydrogen-bond donors (Lipinski definition) is 1. The van der Waals surface area contributed by atoms with Crippen molar-refractivity contribution in [2.24, 2.45) is 5.92 Å². The van der Waals surface area contributed by atoms with E-state index in [0.29, 0.717) is 17.5 Å². The fourth-order valence-electron chi connectivity index (χ4n) is 2.47. The van der Waals surface area contributed by atoms with Crippen LogP contribution in [0.15, 0.2) is 18.2 Å². The van der Waals surface area contributed by atoms with Gasteiger partial charge in [0.25, 0.3) is 5.69 Å². The second kappa shape index (κ2) is 7.02. The Balaban J connectivity index is 1.81. The molecule has 1 aliphatic rings. The van der Waals surface area contributed by atoms with Gasteiger partial charge in [-0.1, -0.05) is 11.6 Å². The standard InChI is InChI=1S/C14H20ClN3O2/c1-17-6-4-11(5-7-17)9-16-10-12-2-3-13(18(19)20)8-14(12)15/h2-3,8,11,16H,4-7,9-10H2,1H3. The van der Waals surface area contributed by atoms with Crippen molar-refractivity contribution in [2.45, 2.75) is 19.4 Å². The summed E-state index contributed by atoms with van der Waals surface area (Å²) in [6.45, 7) is 3.94. The van der Waals surface area contributed by atoms with E-state index in [-0.39, 0.29) is 5.69 Å². The predicted molar refractivity (Wildman–Crippen MR) is 80.0 cm³/mol. The molecule has 1 aliphatic heterocycles. The first-order valence-corrected chi connectivity index (χ1v) is 7.26. The minimum Gasteiger partial charge on any atom is -0.312 e. The van der Waals surface area contributed by atoms with Gasteiger partial charge in [-0.2, -0.15) is 0 Å². The molecule has 1 aromatic rings. The summed E-state index contributed by atoms with van der Waals surface area (Å²) in [5, 5.41) is 14.5. The lowest BCUT2D eigenvalue weighted by atomic mass is 9.97. The van der Waals surface area contributed by atoms with Crippen LogP contribution in [0.5, 0.6) is 0 Å². The van der Waals surface area contributed by atoms with Gasteiger partial charge in [-0.15, -0.1) is 0 Å². The second-order valence-electron chi connectivity index (χ2n) is 5.41. The Kier molecular flexibility index (Phi) is 5.34. The molecule has 6 heteroatoms. The first kappa shape index (κ1) is 15.2. The molecule has 5 nitrogen and oxygen atoms in total. The number of nitro groups is 1. The molecular weight excluding hydrogens is 278 g/mol. The van der Waals surface area contributed by atoms with Crippen LogP contribution in [0.1, 0.15) is 18.4 Å². The molecule has 2 rings (SSSR count). The van der Waals surface area contributed by atoms with Gasteiger partial charge < -0.3 is 10.2 Å². The summed E-state index contributed by atoms with van der Waals surface area (Å²) >= 11 is 6.06. The first-order chi connectivity index (χ1) is 9.56. The van der Waals surface area contributed by atoms with Gasteiger partial charge in [0.05, 0.1) is 9.95 Å². The molecule has 0 aromatic heterocycles. The number of hydrogen-bond acceptors (Lipinski definition) is 4. The van der Waals surface area contributed by atoms with E-state index in [1.807, 2.05) is 0 Å². The van der Waals surface area contributed by atoms with Crippen molar-refractivity contribution in [1.82, 2.24) is 10.2 Å². The van der Waals surface area contributed by atoms with Crippen LogP contribution < -0.4 is 5.32 Å². The first-order valence-electron chi connectivity index (χ1n) is 6.88. The third kappa shape index (κ3) is 4.16. The Morgan fingerprint density at radius 3 is 2.75 bits per heavy atom. The zero-order valence-electron chi connectivity index (χ0n) is 11.6. The largest absolute Gasteiger partial charge is 0.312 e. The van der Waals surface area contributed by atoms with Gasteiger partial charge in [-0.3, -0.25) is 10.1 Å². The molecule has 0 bridgehead atoms. The number of nitro benzene ring substituents is 1. The normalized spacial score (nSPS) is 17.3. The van der Waals surface area contributed by atoms with Gasteiger partial charge in [-0.05, 0) is 57.1 Å². The van der Waals surface area contributed by atoms with Crippen LogP contribution in [0.25, 0.3) is 0 Å². The van der Waals surface area contributed by atoms with E-state index in [1.54, 1.807) is 6.07 Å². The highest BCUT2D eigenvalue weighted by molar-refractivity contribution is 6.31. The zero-order valence-corrected chi connectivity index (χ0v) is 12.4. The summed E-state index contributed by atoms with van der Waals surface area (Å²) in [6.07, 6.45) is 2.44. The predicted octanol–water partition coefficient (Wildman–Crippen LogP) is 2.68. The van der Waals surface area contributed by atoms with Crippen molar-refractivity contribution in [3.8, 4) is 0 Å². The molecule has 1 saturated heterocycles. The minimum atomic E-state index is -0.429. The second-order valence-corrected chi connectivity index (χ2v) is 5.82. The topological polar surface area (TPSA) is 58.4 Å². The van der Waals surface area contributed by atoms with Gasteiger partial charge in [-0.25, -0.2) is 0 Å². The van der Waals surface area contributed by atoms with Crippen molar-refractivity contribution in [2.75, 3.05) is 26.7 Å². The fourth-order valence-corrected chi connectivity index (χ4v) is 2.71. The molecule has 0 amide bonds. The van der Waals surface area contributed by atoms with Gasteiger partial charge in [0.1, 0.15) is 0 Å². The van der Waals surface area contributed by atoms with E-state index >= 15 is 0 Å². The summed E-state index contributed by atoms with van der Waals surface area (Å²) in [7, 11) is 2.15. The van der Waals surface area contributed by atoms with Crippen molar-refractivity contribution in [3.63, 3.8) is 0 Å². The summed E-state index contributed by atoms with van der Waals surface area (Å²) in [4.78, 5) is 12.6. The smallest absolute Gasteiger partial charge is 0.270 e. The Morgan fingerprint density at radius 2 is 2.15 bits per heavy atom. The summed E-state index contributed by atoms with van der Waals surface area (Å²) < 4.78 is 0. The maximum atomic E-state index is 10.6. The highest BCUT2D eigenvalue weighted by atomic mass is 35.5. The maximum Gasteiger partial charge on any atom is 0.270 e. The molecule has 0 radical (unpaired) electrons. The summed E-state index contributed by atoms with van der Waals surface area (Å²) in [5.74, 6) is 0.711. The molecular formula is C14H20ClN3O2. The van der Waals surface area contributed by atoms with Gasteiger partial charge in [0.15, 0.2) is 0 Å². The Labute approximate surface area is 124 Å². The number of likely N-dealkylation sites (tertiary alicyclic amines) is 1. The van der Waals surface area contributed by atoms with E-state index in [4.69, 9.17) is 11.6 Å². The molecule has 1 aromatic carbocycles. The van der Waals surface area contributed by atoms with Crippen LogP contribution in [-0.4, -0.2) is 36.5 Å². The van der Waals surface area contributed by atoms with Crippen LogP contribution in [-0.2, 0) is 6.54 Å². The Morgan fingerprint density at radius 1 is 1.45 bits per heavy atom. The van der Waals surface area contributed by atoms with Crippen LogP contribution in [0.3, 0.4) is 0 Å². The van der Waals surface area contributed by atoms with Crippen LogP contribution in [0.2, 0.25) is 5.02 Å². The highest BCUT2D eigenvalue weighted by Gasteiger charge is 2.16. The average molecular weight is 298 g/mol. The third-order valence-corrected chi connectivity index (χ3v) is 4.19. The molecule has 20 heavy (non-hydrogen) atoms. The SMILES string of the molecule is CN1CCC(CNCc2ccc([N+](=O)[O-])cc2Cl)CC1. The lowest BCUT2D eigenvalue weighted by Gasteiger charge is -2.29. The quantitative estimate of drug-likeness (QED) is 0.670. The lowest BCUT2D eigenvalue weighted by Crippen LogP contribution is -2.34. The number of nitrogens with zero attached hydrogens (tertiary/aromatic N) is 2. The van der Waals surface area contributed by atoms with Crippen LogP contribution >= 0.6 is 11.6 Å². The summed E-state index contributed by atoms with van der Waals surface area (Å²) in [5.41, 5.74) is 0.944. The molecule has 0 spiro atoms. The van der Waals surface area contributed by atoms with Crippen LogP contribution in [0, 0.1) is 16.0 Å². The monoisotopic (exact) mass is 297 g/mol. The van der Waals surface area contributed by atoms with Crippen molar-refractivity contribution < 1.29 is 4.92 Å². The molecule has 0 aliphatic carbocycles. The molecule has 1 heterocycles. The zero-order chi connectivity index (χ0) is 14.5. The number of non-ortho nitro benzene ring substituents is 1. The fraction of sp³-hybridized carbons (Fsp3) is 0.571. The Bertz CT molecular complexity index is 473. The highest BCUT2D eigenvalue weighted by Crippen LogP contribution is 2.22. The van der Waals surface area contributed by atoms with Crippen molar-refractivity contribution in [1.29, 1.82) is 0 Å². The number of halogens is 1. The van der Waals surface area contributed by atoms with Crippen molar-refractivity contribution >= 4 is 17.3 Å². The summed E-state index contributed by atoms with van der Waals surface area (Å²) in [6, 6.07) is 4.63. The number of nitrogens with one attached hydrogen (secondary N) is 1. The minimum absolute atomic E-state index is 0.0362. The van der Waals surface area contributed by atoms with E-state index in [2.05, 4.69) is 17.3 Å². The molecule has 1 N–H and O–H groups in total. The number of benzene rings is 1. The molecule has 0 saturated carbocycles. The van der Waals surface area contributed by atoms with Gasteiger partial charge in [0.2, 0.25) is 0 Å². The van der Waals surface area contributed by atoms with E-state index < -0.39 is 4.92 Å². The van der Waals surface area contributed by atoms with Gasteiger partial charge in [0, 0.05) is 18.7 Å². The third-order valence-electron chi connectivity index (χ3n) is 3.83. The van der Waals surface area contributed by atoms with E-state index in [1.165, 1.54) is 25.0 Å². The maximum absolute atomic E-state index is 10.6. The molecule has 1 fully saturated rings. The van der Waals surface area contributed by atoms with E-state index in [9.17, 15) is 10.1 Å². The molecule has 110 valence electrons.